The molecule has 0 fully saturated rings. The van der Waals surface area contributed by atoms with E-state index < -0.39 is 6.04 Å². The number of hydrogen-bond acceptors (Lipinski definition) is 4. The third-order valence-corrected chi connectivity index (χ3v) is 2.90. The van der Waals surface area contributed by atoms with Crippen LogP contribution in [0.5, 0.6) is 0 Å². The number of nitrogens with one attached hydrogen (secondary N) is 1. The zero-order valence-corrected chi connectivity index (χ0v) is 12.0. The van der Waals surface area contributed by atoms with Crippen LogP contribution >= 0.6 is 31.9 Å². The smallest absolute Gasteiger partial charge is 0.242 e. The maximum Gasteiger partial charge on any atom is 0.242 e. The van der Waals surface area contributed by atoms with Gasteiger partial charge in [-0.25, -0.2) is 9.97 Å². The molecule has 1 amide bonds. The monoisotopic (exact) mass is 350 g/mol. The number of amides is 1. The van der Waals surface area contributed by atoms with Crippen molar-refractivity contribution in [2.24, 2.45) is 11.7 Å². The molecule has 1 rings (SSSR count). The van der Waals surface area contributed by atoms with Crippen molar-refractivity contribution in [1.82, 2.24) is 9.97 Å². The summed E-state index contributed by atoms with van der Waals surface area (Å²) < 4.78 is 1.05. The van der Waals surface area contributed by atoms with Crippen LogP contribution < -0.4 is 11.1 Å². The lowest BCUT2D eigenvalue weighted by atomic mass is 10.1. The molecule has 0 aliphatic carbocycles. The number of halogens is 2. The third kappa shape index (κ3) is 3.50. The molecule has 0 aliphatic rings. The van der Waals surface area contributed by atoms with Crippen LogP contribution in [0.1, 0.15) is 13.8 Å². The van der Waals surface area contributed by atoms with E-state index in [4.69, 9.17) is 5.73 Å². The van der Waals surface area contributed by atoms with Gasteiger partial charge in [-0.3, -0.25) is 4.79 Å². The SMILES string of the molecule is CC(C)[C@H](N)C(=O)Nc1ncc(Br)nc1Br. The zero-order chi connectivity index (χ0) is 12.3. The molecule has 0 aliphatic heterocycles. The van der Waals surface area contributed by atoms with Crippen molar-refractivity contribution < 1.29 is 4.79 Å². The Balaban J connectivity index is 2.77. The molecule has 88 valence electrons. The number of nitrogens with zero attached hydrogens (tertiary/aromatic N) is 2. The van der Waals surface area contributed by atoms with Gasteiger partial charge in [0.05, 0.1) is 12.2 Å². The van der Waals surface area contributed by atoms with E-state index in [0.29, 0.717) is 15.0 Å². The van der Waals surface area contributed by atoms with Crippen molar-refractivity contribution in [3.8, 4) is 0 Å². The molecular weight excluding hydrogens is 340 g/mol. The summed E-state index contributed by atoms with van der Waals surface area (Å²) in [5.74, 6) is 0.166. The molecule has 0 aromatic carbocycles. The molecule has 7 heteroatoms. The van der Waals surface area contributed by atoms with Gasteiger partial charge in [0.25, 0.3) is 0 Å². The summed E-state index contributed by atoms with van der Waals surface area (Å²) in [6, 6.07) is -0.558. The Kier molecular flexibility index (Phi) is 4.82. The largest absolute Gasteiger partial charge is 0.320 e. The number of aromatic nitrogens is 2. The Bertz CT molecular complexity index is 397. The lowest BCUT2D eigenvalue weighted by Crippen LogP contribution is -2.40. The quantitative estimate of drug-likeness (QED) is 0.871. The van der Waals surface area contributed by atoms with E-state index in [1.807, 2.05) is 13.8 Å². The lowest BCUT2D eigenvalue weighted by Gasteiger charge is -2.15. The molecule has 1 aromatic heterocycles. The first-order valence-corrected chi connectivity index (χ1v) is 6.25. The second-order valence-corrected chi connectivity index (χ2v) is 5.15. The van der Waals surface area contributed by atoms with Crippen LogP contribution in [-0.2, 0) is 4.79 Å². The number of nitrogens with two attached hydrogens (primary N) is 1. The van der Waals surface area contributed by atoms with Crippen molar-refractivity contribution in [3.05, 3.63) is 15.4 Å². The molecule has 0 saturated heterocycles. The first-order valence-electron chi connectivity index (χ1n) is 4.66. The van der Waals surface area contributed by atoms with E-state index in [1.54, 1.807) is 0 Å². The minimum absolute atomic E-state index is 0.0715. The van der Waals surface area contributed by atoms with Crippen molar-refractivity contribution in [3.63, 3.8) is 0 Å². The molecule has 16 heavy (non-hydrogen) atoms. The molecule has 1 aromatic rings. The van der Waals surface area contributed by atoms with Gasteiger partial charge in [0.1, 0.15) is 9.21 Å². The average molecular weight is 352 g/mol. The molecule has 0 unspecified atom stereocenters. The molecule has 0 spiro atoms. The summed E-state index contributed by atoms with van der Waals surface area (Å²) in [7, 11) is 0. The summed E-state index contributed by atoms with van der Waals surface area (Å²) >= 11 is 6.38. The molecule has 3 N–H and O–H groups in total. The van der Waals surface area contributed by atoms with Gasteiger partial charge in [-0.05, 0) is 37.8 Å². The third-order valence-electron chi connectivity index (χ3n) is 1.96. The van der Waals surface area contributed by atoms with Gasteiger partial charge in [0, 0.05) is 0 Å². The minimum Gasteiger partial charge on any atom is -0.320 e. The number of carbonyl (C=O) groups excluding carboxylic acids is 1. The highest BCUT2D eigenvalue weighted by molar-refractivity contribution is 9.11. The Hall–Kier alpha value is -0.530. The Morgan fingerprint density at radius 2 is 2.12 bits per heavy atom. The Morgan fingerprint density at radius 1 is 1.50 bits per heavy atom. The standard InChI is InChI=1S/C9H12Br2N4O/c1-4(2)6(12)9(16)15-8-7(11)14-5(10)3-13-8/h3-4,6H,12H2,1-2H3,(H,13,15,16)/t6-/m0/s1. The van der Waals surface area contributed by atoms with Crippen LogP contribution in [0, 0.1) is 5.92 Å². The van der Waals surface area contributed by atoms with Gasteiger partial charge in [-0.2, -0.15) is 0 Å². The van der Waals surface area contributed by atoms with Crippen molar-refractivity contribution >= 4 is 43.6 Å². The van der Waals surface area contributed by atoms with Crippen molar-refractivity contribution in [2.75, 3.05) is 5.32 Å². The van der Waals surface area contributed by atoms with E-state index in [-0.39, 0.29) is 11.8 Å². The van der Waals surface area contributed by atoms with Crippen LogP contribution in [0.25, 0.3) is 0 Å². The fourth-order valence-corrected chi connectivity index (χ4v) is 1.84. The molecule has 0 radical (unpaired) electrons. The van der Waals surface area contributed by atoms with Gasteiger partial charge in [0.15, 0.2) is 5.82 Å². The first kappa shape index (κ1) is 13.5. The number of rotatable bonds is 3. The van der Waals surface area contributed by atoms with Gasteiger partial charge < -0.3 is 11.1 Å². The summed E-state index contributed by atoms with van der Waals surface area (Å²) in [6.07, 6.45) is 1.50. The maximum absolute atomic E-state index is 11.7. The predicted molar refractivity (Wildman–Crippen MR) is 68.9 cm³/mol. The van der Waals surface area contributed by atoms with Crippen LogP contribution in [0.2, 0.25) is 0 Å². The summed E-state index contributed by atoms with van der Waals surface area (Å²) in [5, 5.41) is 2.61. The van der Waals surface area contributed by atoms with E-state index in [0.717, 1.165) is 0 Å². The predicted octanol–water partition coefficient (Wildman–Crippen LogP) is 1.92. The molecular formula is C9H12Br2N4O. The molecule has 1 atom stereocenters. The van der Waals surface area contributed by atoms with E-state index >= 15 is 0 Å². The van der Waals surface area contributed by atoms with E-state index in [2.05, 4.69) is 47.1 Å². The molecule has 0 bridgehead atoms. The van der Waals surface area contributed by atoms with Gasteiger partial charge >= 0.3 is 0 Å². The summed E-state index contributed by atoms with van der Waals surface area (Å²) in [6.45, 7) is 3.76. The van der Waals surface area contributed by atoms with Gasteiger partial charge in [0.2, 0.25) is 5.91 Å². The van der Waals surface area contributed by atoms with Gasteiger partial charge in [-0.1, -0.05) is 13.8 Å². The normalized spacial score (nSPS) is 12.6. The molecule has 0 saturated carbocycles. The van der Waals surface area contributed by atoms with Crippen molar-refractivity contribution in [2.45, 2.75) is 19.9 Å². The maximum atomic E-state index is 11.7. The highest BCUT2D eigenvalue weighted by Gasteiger charge is 2.18. The highest BCUT2D eigenvalue weighted by Crippen LogP contribution is 2.19. The minimum atomic E-state index is -0.558. The highest BCUT2D eigenvalue weighted by atomic mass is 79.9. The van der Waals surface area contributed by atoms with E-state index in [1.165, 1.54) is 6.20 Å². The Labute approximate surface area is 110 Å². The van der Waals surface area contributed by atoms with Gasteiger partial charge in [-0.15, -0.1) is 0 Å². The molecule has 5 nitrogen and oxygen atoms in total. The summed E-state index contributed by atoms with van der Waals surface area (Å²) in [4.78, 5) is 19.7. The molecule has 1 heterocycles. The van der Waals surface area contributed by atoms with Crippen LogP contribution in [0.3, 0.4) is 0 Å². The fraction of sp³-hybridized carbons (Fsp3) is 0.444. The second-order valence-electron chi connectivity index (χ2n) is 3.59. The van der Waals surface area contributed by atoms with E-state index in [9.17, 15) is 4.79 Å². The number of anilines is 1. The van der Waals surface area contributed by atoms with Crippen molar-refractivity contribution in [1.29, 1.82) is 0 Å². The average Bonchev–Trinajstić information content (AvgIpc) is 2.20. The second kappa shape index (κ2) is 5.70. The Morgan fingerprint density at radius 3 is 2.62 bits per heavy atom. The first-order chi connectivity index (χ1) is 7.41. The number of carbonyl (C=O) groups is 1. The summed E-state index contributed by atoms with van der Waals surface area (Å²) in [5.41, 5.74) is 5.70. The van der Waals surface area contributed by atoms with Crippen LogP contribution in [0.4, 0.5) is 5.82 Å². The number of hydrogen-bond donors (Lipinski definition) is 2. The van der Waals surface area contributed by atoms with Crippen LogP contribution in [0.15, 0.2) is 15.4 Å². The fourth-order valence-electron chi connectivity index (χ4n) is 0.933. The lowest BCUT2D eigenvalue weighted by molar-refractivity contribution is -0.118. The van der Waals surface area contributed by atoms with Crippen LogP contribution in [-0.4, -0.2) is 21.9 Å². The zero-order valence-electron chi connectivity index (χ0n) is 8.87. The topological polar surface area (TPSA) is 80.9 Å².